The van der Waals surface area contributed by atoms with Crippen molar-refractivity contribution >= 4 is 5.97 Å². The topological polar surface area (TPSA) is 135 Å². The average Bonchev–Trinajstić information content (AvgIpc) is 3.40. The zero-order chi connectivity index (χ0) is 53.5. The minimum atomic E-state index is -1.54. The number of aliphatic hydroxyl groups excluding tert-OH is 4. The van der Waals surface area contributed by atoms with Gasteiger partial charge in [0, 0.05) is 13.0 Å². The third-order valence-corrected chi connectivity index (χ3v) is 15.4. The maximum atomic E-state index is 12.9. The third-order valence-electron chi connectivity index (χ3n) is 15.4. The van der Waals surface area contributed by atoms with Gasteiger partial charge in [0.05, 0.1) is 19.8 Å². The Kier molecular flexibility index (Phi) is 53.9. The molecule has 1 saturated heterocycles. The van der Waals surface area contributed by atoms with Crippen molar-refractivity contribution in [2.45, 2.75) is 359 Å². The zero-order valence-corrected chi connectivity index (χ0v) is 48.9. The van der Waals surface area contributed by atoms with Crippen LogP contribution in [0, 0.1) is 0 Å². The molecule has 1 heterocycles. The minimum Gasteiger partial charge on any atom is -0.457 e. The molecule has 9 heteroatoms. The van der Waals surface area contributed by atoms with Gasteiger partial charge < -0.3 is 39.4 Å². The van der Waals surface area contributed by atoms with Crippen molar-refractivity contribution in [3.05, 3.63) is 24.3 Å². The summed E-state index contributed by atoms with van der Waals surface area (Å²) in [5.41, 5.74) is 0. The summed E-state index contributed by atoms with van der Waals surface area (Å²) in [7, 11) is 0. The number of unbranched alkanes of at least 4 members (excludes halogenated alkanes) is 43. The molecule has 0 aliphatic carbocycles. The maximum absolute atomic E-state index is 12.9. The van der Waals surface area contributed by atoms with E-state index in [4.69, 9.17) is 18.9 Å². The van der Waals surface area contributed by atoms with Crippen LogP contribution in [0.4, 0.5) is 0 Å². The molecule has 0 aromatic heterocycles. The van der Waals surface area contributed by atoms with Gasteiger partial charge in [0.25, 0.3) is 0 Å². The number of hydrogen-bond donors (Lipinski definition) is 4. The largest absolute Gasteiger partial charge is 0.457 e. The second-order valence-corrected chi connectivity index (χ2v) is 22.6. The standard InChI is InChI=1S/C65H124O9/c1-3-5-7-9-11-13-15-17-19-21-23-25-27-29-31-33-35-37-39-41-43-45-47-49-51-53-55-71-57-59(58-72-65-64(70)63(69)62(68)60(56-66)74-65)73-61(67)54-52-50-48-46-44-42-40-38-36-34-32-30-28-26-24-22-20-18-16-14-12-10-8-6-4-2/h15,17,21,23,59-60,62-66,68-70H,3-14,16,18-20,22,24-58H2,1-2H3/b17-15-,23-21-. The number of esters is 1. The second kappa shape index (κ2) is 56.4. The monoisotopic (exact) mass is 1050 g/mol. The molecule has 6 unspecified atom stereocenters. The van der Waals surface area contributed by atoms with E-state index in [1.165, 1.54) is 263 Å². The van der Waals surface area contributed by atoms with Gasteiger partial charge in [-0.3, -0.25) is 4.79 Å². The van der Waals surface area contributed by atoms with E-state index in [0.717, 1.165) is 38.5 Å². The molecule has 9 nitrogen and oxygen atoms in total. The molecule has 6 atom stereocenters. The lowest BCUT2D eigenvalue weighted by Crippen LogP contribution is -2.59. The SMILES string of the molecule is CCCCCCC/C=C\C/C=C\CCCCCCCCCCCCCCCCOCC(COC1OC(CO)C(O)C(O)C1O)OC(=O)CCCCCCCCCCCCCCCCCCCCCCCCCCC. The summed E-state index contributed by atoms with van der Waals surface area (Å²) < 4.78 is 23.0. The highest BCUT2D eigenvalue weighted by atomic mass is 16.7. The molecule has 1 rings (SSSR count). The van der Waals surface area contributed by atoms with Gasteiger partial charge in [-0.25, -0.2) is 0 Å². The number of carbonyl (C=O) groups excluding carboxylic acids is 1. The Morgan fingerprint density at radius 3 is 1.16 bits per heavy atom. The fourth-order valence-corrected chi connectivity index (χ4v) is 10.4. The highest BCUT2D eigenvalue weighted by Gasteiger charge is 2.44. The number of carbonyl (C=O) groups is 1. The van der Waals surface area contributed by atoms with E-state index in [2.05, 4.69) is 38.2 Å². The molecule has 1 fully saturated rings. The predicted molar refractivity (Wildman–Crippen MR) is 312 cm³/mol. The van der Waals surface area contributed by atoms with Crippen molar-refractivity contribution in [2.75, 3.05) is 26.4 Å². The summed E-state index contributed by atoms with van der Waals surface area (Å²) >= 11 is 0. The Bertz CT molecular complexity index is 1190. The Balaban J connectivity index is 2.09. The van der Waals surface area contributed by atoms with Gasteiger partial charge in [0.1, 0.15) is 30.5 Å². The number of ether oxygens (including phenoxy) is 4. The molecule has 1 aliphatic heterocycles. The average molecular weight is 1050 g/mol. The molecule has 438 valence electrons. The molecule has 0 saturated carbocycles. The maximum Gasteiger partial charge on any atom is 0.306 e. The van der Waals surface area contributed by atoms with Gasteiger partial charge in [0.15, 0.2) is 6.29 Å². The summed E-state index contributed by atoms with van der Waals surface area (Å²) in [6, 6.07) is 0. The van der Waals surface area contributed by atoms with E-state index >= 15 is 0 Å². The first-order chi connectivity index (χ1) is 36.4. The summed E-state index contributed by atoms with van der Waals surface area (Å²) in [5.74, 6) is -0.304. The first-order valence-electron chi connectivity index (χ1n) is 32.4. The summed E-state index contributed by atoms with van der Waals surface area (Å²) in [6.07, 6.45) is 63.9. The number of aliphatic hydroxyl groups is 4. The fourth-order valence-electron chi connectivity index (χ4n) is 10.4. The normalized spacial score (nSPS) is 18.6. The van der Waals surface area contributed by atoms with Gasteiger partial charge in [-0.05, 0) is 44.9 Å². The fraction of sp³-hybridized carbons (Fsp3) is 0.923. The smallest absolute Gasteiger partial charge is 0.306 e. The van der Waals surface area contributed by atoms with Gasteiger partial charge in [-0.15, -0.1) is 0 Å². The Hall–Kier alpha value is -1.33. The Labute approximate surface area is 458 Å². The van der Waals surface area contributed by atoms with E-state index in [1.807, 2.05) is 0 Å². The predicted octanol–water partition coefficient (Wildman–Crippen LogP) is 17.6. The summed E-state index contributed by atoms with van der Waals surface area (Å²) in [4.78, 5) is 12.9. The number of hydrogen-bond acceptors (Lipinski definition) is 9. The van der Waals surface area contributed by atoms with Crippen LogP contribution in [-0.4, -0.2) is 89.6 Å². The first kappa shape index (κ1) is 70.7. The van der Waals surface area contributed by atoms with Gasteiger partial charge in [0.2, 0.25) is 0 Å². The van der Waals surface area contributed by atoms with Crippen LogP contribution in [0.15, 0.2) is 24.3 Å². The first-order valence-corrected chi connectivity index (χ1v) is 32.4. The lowest BCUT2D eigenvalue weighted by atomic mass is 9.99. The molecule has 0 aromatic carbocycles. The van der Waals surface area contributed by atoms with E-state index in [9.17, 15) is 25.2 Å². The van der Waals surface area contributed by atoms with Crippen molar-refractivity contribution < 1.29 is 44.2 Å². The van der Waals surface area contributed by atoms with Crippen LogP contribution in [0.5, 0.6) is 0 Å². The van der Waals surface area contributed by atoms with Crippen molar-refractivity contribution in [3.63, 3.8) is 0 Å². The van der Waals surface area contributed by atoms with Crippen LogP contribution in [0.3, 0.4) is 0 Å². The van der Waals surface area contributed by atoms with Crippen LogP contribution in [0.25, 0.3) is 0 Å². The Morgan fingerprint density at radius 1 is 0.432 bits per heavy atom. The van der Waals surface area contributed by atoms with Crippen molar-refractivity contribution in [3.8, 4) is 0 Å². The third kappa shape index (κ3) is 45.7. The van der Waals surface area contributed by atoms with Gasteiger partial charge in [-0.1, -0.05) is 295 Å². The summed E-state index contributed by atoms with van der Waals surface area (Å²) in [6.45, 7) is 4.63. The number of rotatable bonds is 58. The highest BCUT2D eigenvalue weighted by molar-refractivity contribution is 5.69. The lowest BCUT2D eigenvalue weighted by molar-refractivity contribution is -0.305. The Morgan fingerprint density at radius 2 is 0.784 bits per heavy atom. The zero-order valence-electron chi connectivity index (χ0n) is 48.9. The second-order valence-electron chi connectivity index (χ2n) is 22.6. The molecule has 74 heavy (non-hydrogen) atoms. The van der Waals surface area contributed by atoms with E-state index in [0.29, 0.717) is 13.0 Å². The van der Waals surface area contributed by atoms with E-state index in [-0.39, 0.29) is 19.2 Å². The van der Waals surface area contributed by atoms with Crippen LogP contribution in [-0.2, 0) is 23.7 Å². The quantitative estimate of drug-likeness (QED) is 0.0267. The molecule has 0 radical (unpaired) electrons. The lowest BCUT2D eigenvalue weighted by Gasteiger charge is -2.39. The van der Waals surface area contributed by atoms with Crippen molar-refractivity contribution in [2.24, 2.45) is 0 Å². The van der Waals surface area contributed by atoms with Crippen molar-refractivity contribution in [1.82, 2.24) is 0 Å². The number of allylic oxidation sites excluding steroid dienone is 4. The molecule has 0 amide bonds. The molecule has 0 aromatic rings. The van der Waals surface area contributed by atoms with Crippen molar-refractivity contribution in [1.29, 1.82) is 0 Å². The van der Waals surface area contributed by atoms with Crippen LogP contribution >= 0.6 is 0 Å². The van der Waals surface area contributed by atoms with E-state index < -0.39 is 43.4 Å². The molecule has 0 spiro atoms. The molecule has 4 N–H and O–H groups in total. The molecular formula is C65H124O9. The molecular weight excluding hydrogens is 925 g/mol. The summed E-state index contributed by atoms with van der Waals surface area (Å²) in [5, 5.41) is 40.4. The van der Waals surface area contributed by atoms with Crippen LogP contribution in [0.2, 0.25) is 0 Å². The van der Waals surface area contributed by atoms with Crippen LogP contribution < -0.4 is 0 Å². The van der Waals surface area contributed by atoms with Crippen LogP contribution in [0.1, 0.15) is 322 Å². The minimum absolute atomic E-state index is 0.108. The molecule has 0 bridgehead atoms. The van der Waals surface area contributed by atoms with Gasteiger partial charge in [-0.2, -0.15) is 0 Å². The van der Waals surface area contributed by atoms with Gasteiger partial charge >= 0.3 is 5.97 Å². The molecule has 1 aliphatic rings. The highest BCUT2D eigenvalue weighted by Crippen LogP contribution is 2.23. The van der Waals surface area contributed by atoms with E-state index in [1.54, 1.807) is 0 Å².